The van der Waals surface area contributed by atoms with Crippen molar-refractivity contribution in [1.29, 1.82) is 0 Å². The molecule has 0 heterocycles. The van der Waals surface area contributed by atoms with Crippen LogP contribution < -0.4 is 4.74 Å². The summed E-state index contributed by atoms with van der Waals surface area (Å²) in [4.78, 5) is 11.3. The van der Waals surface area contributed by atoms with Crippen LogP contribution in [0.4, 0.5) is 0 Å². The SMILES string of the molecule is COC(=O)CCc1ccc(OCc2cccc(-c3ccc4ccccc4c3)c2)cc1. The minimum Gasteiger partial charge on any atom is -0.489 e. The highest BCUT2D eigenvalue weighted by atomic mass is 16.5. The van der Waals surface area contributed by atoms with Crippen molar-refractivity contribution < 1.29 is 14.3 Å². The third-order valence-corrected chi connectivity index (χ3v) is 5.18. The predicted molar refractivity (Wildman–Crippen MR) is 120 cm³/mol. The fraction of sp³-hybridized carbons (Fsp3) is 0.148. The van der Waals surface area contributed by atoms with Gasteiger partial charge in [0.1, 0.15) is 12.4 Å². The number of methoxy groups -OCH3 is 1. The molecule has 3 nitrogen and oxygen atoms in total. The van der Waals surface area contributed by atoms with Gasteiger partial charge in [-0.15, -0.1) is 0 Å². The van der Waals surface area contributed by atoms with Crippen LogP contribution in [0.2, 0.25) is 0 Å². The lowest BCUT2D eigenvalue weighted by atomic mass is 10.00. The molecule has 0 amide bonds. The molecule has 0 fully saturated rings. The molecule has 0 atom stereocenters. The molecule has 30 heavy (non-hydrogen) atoms. The fourth-order valence-electron chi connectivity index (χ4n) is 3.48. The summed E-state index contributed by atoms with van der Waals surface area (Å²) in [5.74, 6) is 0.620. The molecule has 0 aliphatic heterocycles. The Bertz CT molecular complexity index is 1150. The molecular weight excluding hydrogens is 372 g/mol. The maximum atomic E-state index is 11.3. The van der Waals surface area contributed by atoms with Crippen molar-refractivity contribution in [2.24, 2.45) is 0 Å². The van der Waals surface area contributed by atoms with E-state index < -0.39 is 0 Å². The zero-order valence-corrected chi connectivity index (χ0v) is 17.0. The summed E-state index contributed by atoms with van der Waals surface area (Å²) in [6.07, 6.45) is 1.05. The van der Waals surface area contributed by atoms with Gasteiger partial charge in [-0.2, -0.15) is 0 Å². The Kier molecular flexibility index (Phi) is 6.09. The summed E-state index contributed by atoms with van der Waals surface area (Å²) in [6, 6.07) is 31.3. The summed E-state index contributed by atoms with van der Waals surface area (Å²) < 4.78 is 10.6. The highest BCUT2D eigenvalue weighted by molar-refractivity contribution is 5.87. The molecule has 4 aromatic rings. The van der Waals surface area contributed by atoms with Crippen LogP contribution in [0, 0.1) is 0 Å². The molecule has 0 radical (unpaired) electrons. The molecule has 0 spiro atoms. The second-order valence-electron chi connectivity index (χ2n) is 7.27. The second kappa shape index (κ2) is 9.27. The van der Waals surface area contributed by atoms with Crippen LogP contribution in [0.25, 0.3) is 21.9 Å². The van der Waals surface area contributed by atoms with E-state index in [1.165, 1.54) is 29.0 Å². The highest BCUT2D eigenvalue weighted by Gasteiger charge is 2.04. The Morgan fingerprint density at radius 1 is 0.733 bits per heavy atom. The lowest BCUT2D eigenvalue weighted by molar-refractivity contribution is -0.140. The second-order valence-corrected chi connectivity index (χ2v) is 7.27. The quantitative estimate of drug-likeness (QED) is 0.349. The number of carbonyl (C=O) groups is 1. The average Bonchev–Trinajstić information content (AvgIpc) is 2.81. The summed E-state index contributed by atoms with van der Waals surface area (Å²) in [7, 11) is 1.41. The third kappa shape index (κ3) is 4.87. The fourth-order valence-corrected chi connectivity index (χ4v) is 3.48. The molecule has 3 heteroatoms. The van der Waals surface area contributed by atoms with E-state index in [0.29, 0.717) is 19.4 Å². The van der Waals surface area contributed by atoms with E-state index >= 15 is 0 Å². The van der Waals surface area contributed by atoms with E-state index in [2.05, 4.69) is 71.5 Å². The first-order valence-electron chi connectivity index (χ1n) is 10.1. The van der Waals surface area contributed by atoms with Gasteiger partial charge < -0.3 is 9.47 Å². The number of benzene rings is 4. The van der Waals surface area contributed by atoms with Gasteiger partial charge >= 0.3 is 5.97 Å². The molecule has 0 aliphatic carbocycles. The Morgan fingerprint density at radius 3 is 2.30 bits per heavy atom. The maximum Gasteiger partial charge on any atom is 0.305 e. The molecule has 4 aromatic carbocycles. The van der Waals surface area contributed by atoms with Crippen LogP contribution >= 0.6 is 0 Å². The number of ether oxygens (including phenoxy) is 2. The zero-order chi connectivity index (χ0) is 20.8. The minimum atomic E-state index is -0.193. The molecule has 0 aromatic heterocycles. The number of hydrogen-bond acceptors (Lipinski definition) is 3. The van der Waals surface area contributed by atoms with Gasteiger partial charge in [-0.25, -0.2) is 0 Å². The smallest absolute Gasteiger partial charge is 0.305 e. The summed E-state index contributed by atoms with van der Waals surface area (Å²) >= 11 is 0. The van der Waals surface area contributed by atoms with Crippen molar-refractivity contribution in [3.63, 3.8) is 0 Å². The Hall–Kier alpha value is -3.59. The van der Waals surface area contributed by atoms with Gasteiger partial charge in [0.25, 0.3) is 0 Å². The molecule has 0 aliphatic rings. The third-order valence-electron chi connectivity index (χ3n) is 5.18. The molecule has 4 rings (SSSR count). The van der Waals surface area contributed by atoms with Crippen molar-refractivity contribution in [1.82, 2.24) is 0 Å². The molecule has 0 saturated carbocycles. The first kappa shape index (κ1) is 19.7. The zero-order valence-electron chi connectivity index (χ0n) is 17.0. The van der Waals surface area contributed by atoms with Crippen LogP contribution in [0.3, 0.4) is 0 Å². The molecule has 150 valence electrons. The van der Waals surface area contributed by atoms with Crippen LogP contribution in [0.5, 0.6) is 5.75 Å². The van der Waals surface area contributed by atoms with Gasteiger partial charge in [-0.05, 0) is 63.7 Å². The molecular formula is C27H24O3. The first-order chi connectivity index (χ1) is 14.7. The molecule has 0 saturated heterocycles. The number of aryl methyl sites for hydroxylation is 1. The summed E-state index contributed by atoms with van der Waals surface area (Å²) in [5.41, 5.74) is 4.59. The van der Waals surface area contributed by atoms with E-state index in [9.17, 15) is 4.79 Å². The Balaban J connectivity index is 1.41. The Labute approximate surface area is 176 Å². The lowest BCUT2D eigenvalue weighted by Crippen LogP contribution is -2.02. The average molecular weight is 396 g/mol. The molecule has 0 N–H and O–H groups in total. The van der Waals surface area contributed by atoms with Gasteiger partial charge in [0.05, 0.1) is 7.11 Å². The van der Waals surface area contributed by atoms with Crippen LogP contribution in [-0.4, -0.2) is 13.1 Å². The Morgan fingerprint density at radius 2 is 1.50 bits per heavy atom. The van der Waals surface area contributed by atoms with E-state index in [1.807, 2.05) is 24.3 Å². The predicted octanol–water partition coefficient (Wildman–Crippen LogP) is 6.19. The lowest BCUT2D eigenvalue weighted by Gasteiger charge is -2.10. The van der Waals surface area contributed by atoms with Crippen LogP contribution in [-0.2, 0) is 22.6 Å². The number of hydrogen-bond donors (Lipinski definition) is 0. The van der Waals surface area contributed by atoms with Crippen molar-refractivity contribution in [2.45, 2.75) is 19.4 Å². The normalized spacial score (nSPS) is 10.7. The van der Waals surface area contributed by atoms with E-state index in [-0.39, 0.29) is 5.97 Å². The number of carbonyl (C=O) groups excluding carboxylic acids is 1. The van der Waals surface area contributed by atoms with Crippen molar-refractivity contribution in [2.75, 3.05) is 7.11 Å². The summed E-state index contributed by atoms with van der Waals surface area (Å²) in [6.45, 7) is 0.503. The largest absolute Gasteiger partial charge is 0.489 e. The van der Waals surface area contributed by atoms with E-state index in [1.54, 1.807) is 0 Å². The maximum absolute atomic E-state index is 11.3. The van der Waals surface area contributed by atoms with Gasteiger partial charge in [0.2, 0.25) is 0 Å². The summed E-state index contributed by atoms with van der Waals surface area (Å²) in [5, 5.41) is 2.49. The topological polar surface area (TPSA) is 35.5 Å². The van der Waals surface area contributed by atoms with Gasteiger partial charge in [0.15, 0.2) is 0 Å². The van der Waals surface area contributed by atoms with E-state index in [0.717, 1.165) is 16.9 Å². The minimum absolute atomic E-state index is 0.193. The number of fused-ring (bicyclic) bond motifs is 1. The van der Waals surface area contributed by atoms with Gasteiger partial charge in [0, 0.05) is 6.42 Å². The molecule has 0 unspecified atom stereocenters. The van der Waals surface area contributed by atoms with Crippen molar-refractivity contribution >= 4 is 16.7 Å². The first-order valence-corrected chi connectivity index (χ1v) is 10.1. The highest BCUT2D eigenvalue weighted by Crippen LogP contribution is 2.25. The van der Waals surface area contributed by atoms with Crippen LogP contribution in [0.1, 0.15) is 17.5 Å². The van der Waals surface area contributed by atoms with E-state index in [4.69, 9.17) is 4.74 Å². The van der Waals surface area contributed by atoms with Gasteiger partial charge in [-0.3, -0.25) is 4.79 Å². The molecule has 0 bridgehead atoms. The monoisotopic (exact) mass is 396 g/mol. The number of esters is 1. The number of rotatable bonds is 7. The van der Waals surface area contributed by atoms with Crippen molar-refractivity contribution in [3.8, 4) is 16.9 Å². The van der Waals surface area contributed by atoms with Crippen LogP contribution in [0.15, 0.2) is 91.0 Å². The standard InChI is InChI=1S/C27H24O3/c1-29-27(28)16-11-20-9-14-26(15-10-20)30-19-21-5-4-8-23(17-21)25-13-12-22-6-2-3-7-24(22)18-25/h2-10,12-15,17-18H,11,16,19H2,1H3. The van der Waals surface area contributed by atoms with Gasteiger partial charge in [-0.1, -0.05) is 66.7 Å². The van der Waals surface area contributed by atoms with Crippen molar-refractivity contribution in [3.05, 3.63) is 102 Å².